The average molecular weight is 742 g/mol. The SMILES string of the molecule is C#Cc1c(F)ccc2cc(O)cc(C3=Cc4nc(OC[C@]5([C@H](C)O)C[C@@H](F)CN5C5CCOCC5)nc(NCC5(CNC(=O)C=C)CCCC5)c4CC3)c12. The molecule has 3 atom stereocenters. The molecule has 4 aliphatic rings. The van der Waals surface area contributed by atoms with Gasteiger partial charge in [-0.15, -0.1) is 6.42 Å². The largest absolute Gasteiger partial charge is 0.508 e. The molecule has 2 aliphatic heterocycles. The standard InChI is InChI=1S/C42H49F2N5O5/c1-4-32-35(44)11-9-28-18-31(51)20-34(38(28)32)27-8-10-33-36(19-27)47-40(48-39(33)46-24-41(14-6-7-15-41)23-45-37(52)5-2)54-25-42(26(3)50)21-29(43)22-49(42)30-12-16-53-17-13-30/h1,5,9,11,18-20,26,29-30,50-51H,2,6-8,10,12-17,21-25H2,3H3,(H,45,52)(H,46,47,48)/t26-,29+,42-/m0/s1. The number of aliphatic hydroxyl groups excluding tert-OH is 1. The van der Waals surface area contributed by atoms with Crippen LogP contribution in [0.4, 0.5) is 14.6 Å². The number of halogens is 2. The topological polar surface area (TPSA) is 129 Å². The van der Waals surface area contributed by atoms with E-state index in [0.29, 0.717) is 67.0 Å². The van der Waals surface area contributed by atoms with Crippen LogP contribution in [-0.4, -0.2) is 94.3 Å². The van der Waals surface area contributed by atoms with E-state index in [1.54, 1.807) is 25.1 Å². The number of nitrogens with one attached hydrogen (secondary N) is 2. The molecular weight excluding hydrogens is 692 g/mol. The summed E-state index contributed by atoms with van der Waals surface area (Å²) in [6, 6.07) is 6.19. The number of aromatic nitrogens is 2. The molecule has 54 heavy (non-hydrogen) atoms. The summed E-state index contributed by atoms with van der Waals surface area (Å²) in [5.74, 6) is 2.38. The highest BCUT2D eigenvalue weighted by Crippen LogP contribution is 2.43. The van der Waals surface area contributed by atoms with E-state index in [2.05, 4.69) is 28.0 Å². The number of aliphatic hydroxyl groups is 1. The van der Waals surface area contributed by atoms with Crippen LogP contribution in [0.1, 0.15) is 80.7 Å². The average Bonchev–Trinajstić information content (AvgIpc) is 3.80. The van der Waals surface area contributed by atoms with E-state index in [4.69, 9.17) is 25.9 Å². The summed E-state index contributed by atoms with van der Waals surface area (Å²) in [7, 11) is 0. The smallest absolute Gasteiger partial charge is 0.318 e. The maximum atomic E-state index is 15.3. The van der Waals surface area contributed by atoms with Gasteiger partial charge in [-0.1, -0.05) is 31.4 Å². The van der Waals surface area contributed by atoms with Gasteiger partial charge in [-0.2, -0.15) is 9.97 Å². The maximum absolute atomic E-state index is 15.3. The first-order chi connectivity index (χ1) is 26.0. The Morgan fingerprint density at radius 1 is 1.22 bits per heavy atom. The zero-order valence-corrected chi connectivity index (χ0v) is 30.8. The number of hydrogen-bond acceptors (Lipinski definition) is 9. The first-order valence-electron chi connectivity index (χ1n) is 19.0. The summed E-state index contributed by atoms with van der Waals surface area (Å²) in [6.07, 6.45) is 13.6. The zero-order chi connectivity index (χ0) is 38.0. The van der Waals surface area contributed by atoms with Crippen LogP contribution in [0.3, 0.4) is 0 Å². The van der Waals surface area contributed by atoms with E-state index in [-0.39, 0.29) is 54.3 Å². The second kappa shape index (κ2) is 15.7. The number of anilines is 1. The van der Waals surface area contributed by atoms with Crippen molar-refractivity contribution >= 4 is 34.1 Å². The molecule has 4 N–H and O–H groups in total. The predicted octanol–water partition coefficient (Wildman–Crippen LogP) is 5.94. The Bertz CT molecular complexity index is 1980. The van der Waals surface area contributed by atoms with Crippen molar-refractivity contribution in [3.8, 4) is 24.1 Å². The second-order valence-corrected chi connectivity index (χ2v) is 15.4. The third-order valence-corrected chi connectivity index (χ3v) is 12.0. The molecule has 0 spiro atoms. The summed E-state index contributed by atoms with van der Waals surface area (Å²) >= 11 is 0. The molecule has 1 amide bonds. The molecule has 0 radical (unpaired) electrons. The highest BCUT2D eigenvalue weighted by Gasteiger charge is 2.52. The van der Waals surface area contributed by atoms with Crippen LogP contribution in [0.15, 0.2) is 36.9 Å². The van der Waals surface area contributed by atoms with Crippen LogP contribution in [-0.2, 0) is 16.0 Å². The van der Waals surface area contributed by atoms with Crippen LogP contribution in [0, 0.1) is 23.6 Å². The van der Waals surface area contributed by atoms with Gasteiger partial charge in [0.15, 0.2) is 0 Å². The van der Waals surface area contributed by atoms with Gasteiger partial charge in [0.05, 0.1) is 22.9 Å². The number of benzene rings is 2. The first kappa shape index (κ1) is 37.7. The number of aromatic hydroxyl groups is 1. The van der Waals surface area contributed by atoms with Gasteiger partial charge in [-0.05, 0) is 92.3 Å². The Hall–Kier alpha value is -4.57. The minimum atomic E-state index is -1.13. The van der Waals surface area contributed by atoms with Crippen molar-refractivity contribution in [2.45, 2.75) is 88.6 Å². The van der Waals surface area contributed by atoms with Crippen LogP contribution in [0.2, 0.25) is 0 Å². The van der Waals surface area contributed by atoms with Crippen molar-refractivity contribution in [3.05, 3.63) is 65.1 Å². The molecule has 286 valence electrons. The lowest BCUT2D eigenvalue weighted by Crippen LogP contribution is -2.60. The van der Waals surface area contributed by atoms with Gasteiger partial charge in [0.1, 0.15) is 30.2 Å². The number of nitrogens with zero attached hydrogens (tertiary/aromatic N) is 3. The number of rotatable bonds is 12. The molecule has 0 bridgehead atoms. The van der Waals surface area contributed by atoms with Crippen LogP contribution in [0.5, 0.6) is 11.8 Å². The maximum Gasteiger partial charge on any atom is 0.318 e. The molecule has 2 aromatic carbocycles. The molecule has 1 aromatic heterocycles. The lowest BCUT2D eigenvalue weighted by atomic mass is 9.85. The fourth-order valence-electron chi connectivity index (χ4n) is 9.08. The molecule has 0 unspecified atom stereocenters. The van der Waals surface area contributed by atoms with E-state index in [1.807, 2.05) is 6.08 Å². The third-order valence-electron chi connectivity index (χ3n) is 12.0. The summed E-state index contributed by atoms with van der Waals surface area (Å²) in [6.45, 7) is 7.64. The van der Waals surface area contributed by atoms with E-state index >= 15 is 4.39 Å². The fraction of sp³-hybridized carbons (Fsp3) is 0.500. The molecule has 2 saturated heterocycles. The van der Waals surface area contributed by atoms with E-state index in [0.717, 1.165) is 49.7 Å². The lowest BCUT2D eigenvalue weighted by Gasteiger charge is -2.45. The number of carbonyl (C=O) groups excluding carboxylic acids is 1. The van der Waals surface area contributed by atoms with Gasteiger partial charge in [0.25, 0.3) is 0 Å². The normalized spacial score (nSPS) is 23.3. The molecule has 3 heterocycles. The third kappa shape index (κ3) is 7.41. The van der Waals surface area contributed by atoms with Crippen molar-refractivity contribution < 1.29 is 33.3 Å². The Morgan fingerprint density at radius 3 is 2.72 bits per heavy atom. The van der Waals surface area contributed by atoms with E-state index in [9.17, 15) is 19.4 Å². The highest BCUT2D eigenvalue weighted by atomic mass is 19.1. The number of likely N-dealkylation sites (tertiary alicyclic amines) is 1. The fourth-order valence-corrected chi connectivity index (χ4v) is 9.08. The van der Waals surface area contributed by atoms with Crippen molar-refractivity contribution in [1.82, 2.24) is 20.2 Å². The minimum Gasteiger partial charge on any atom is -0.508 e. The number of phenols is 1. The summed E-state index contributed by atoms with van der Waals surface area (Å²) < 4.78 is 42.3. The van der Waals surface area contributed by atoms with E-state index in [1.165, 1.54) is 12.1 Å². The number of phenolic OH excluding ortho intramolecular Hbond substituents is 1. The number of hydrogen-bond donors (Lipinski definition) is 4. The molecule has 3 aromatic rings. The van der Waals surface area contributed by atoms with Gasteiger partial charge in [-0.3, -0.25) is 9.69 Å². The number of ether oxygens (including phenoxy) is 2. The van der Waals surface area contributed by atoms with E-state index < -0.39 is 23.6 Å². The minimum absolute atomic E-state index is 0.0264. The van der Waals surface area contributed by atoms with Crippen molar-refractivity contribution in [2.75, 3.05) is 44.8 Å². The predicted molar refractivity (Wildman–Crippen MR) is 204 cm³/mol. The number of amides is 1. The van der Waals surface area contributed by atoms with Crippen molar-refractivity contribution in [1.29, 1.82) is 0 Å². The number of terminal acetylenes is 1. The number of fused-ring (bicyclic) bond motifs is 2. The van der Waals surface area contributed by atoms with Crippen LogP contribution >= 0.6 is 0 Å². The zero-order valence-electron chi connectivity index (χ0n) is 30.8. The van der Waals surface area contributed by atoms with Crippen molar-refractivity contribution in [3.63, 3.8) is 0 Å². The quantitative estimate of drug-likeness (QED) is 0.132. The second-order valence-electron chi connectivity index (χ2n) is 15.4. The Labute approximate surface area is 315 Å². The molecule has 2 aliphatic carbocycles. The molecule has 1 saturated carbocycles. The Kier molecular flexibility index (Phi) is 10.9. The van der Waals surface area contributed by atoms with Gasteiger partial charge in [-0.25, -0.2) is 8.78 Å². The first-order valence-corrected chi connectivity index (χ1v) is 19.0. The molecule has 12 heteroatoms. The van der Waals surface area contributed by atoms with Crippen LogP contribution in [0.25, 0.3) is 22.4 Å². The molecule has 3 fully saturated rings. The Morgan fingerprint density at radius 2 is 2.00 bits per heavy atom. The van der Waals surface area contributed by atoms with Gasteiger partial charge in [0, 0.05) is 61.7 Å². The molecule has 7 rings (SSSR count). The van der Waals surface area contributed by atoms with Gasteiger partial charge in [0.2, 0.25) is 5.91 Å². The lowest BCUT2D eigenvalue weighted by molar-refractivity contribution is -0.116. The summed E-state index contributed by atoms with van der Waals surface area (Å²) in [5.41, 5.74) is 1.80. The number of carbonyl (C=O) groups is 1. The number of allylic oxidation sites excluding steroid dienone is 1. The highest BCUT2D eigenvalue weighted by molar-refractivity contribution is 6.02. The van der Waals surface area contributed by atoms with Gasteiger partial charge >= 0.3 is 6.01 Å². The monoisotopic (exact) mass is 741 g/mol. The summed E-state index contributed by atoms with van der Waals surface area (Å²) in [4.78, 5) is 24.0. The number of alkyl halides is 1. The summed E-state index contributed by atoms with van der Waals surface area (Å²) in [5, 5.41) is 29.7. The molecular formula is C42H49F2N5O5. The molecule has 10 nitrogen and oxygen atoms in total. The van der Waals surface area contributed by atoms with Crippen LogP contribution < -0.4 is 15.4 Å². The van der Waals surface area contributed by atoms with Gasteiger partial charge < -0.3 is 30.3 Å². The van der Waals surface area contributed by atoms with Crippen molar-refractivity contribution in [2.24, 2.45) is 5.41 Å². The Balaban J connectivity index is 1.27.